The van der Waals surface area contributed by atoms with E-state index in [4.69, 9.17) is 0 Å². The third kappa shape index (κ3) is 6.72. The number of likely N-dealkylation sites (tertiary alicyclic amines) is 1. The molecule has 3 N–H and O–H groups in total. The average molecular weight is 485 g/mol. The molecule has 186 valence electrons. The lowest BCUT2D eigenvalue weighted by Crippen LogP contribution is -2.35. The smallest absolute Gasteiger partial charge is 0.253 e. The molecule has 1 heterocycles. The van der Waals surface area contributed by atoms with E-state index in [1.54, 1.807) is 36.4 Å². The highest BCUT2D eigenvalue weighted by atomic mass is 16.2. The standard InChI is InChI=1S/C29H32N4O3/c1-21(22-8-4-2-5-9-22)31-28(35)23-10-16-26(17-11-23)32-27(34)20-30-25-14-12-24(13-15-25)29(36)33-18-6-3-7-19-33/h2,4-5,8-17,21,30H,3,6-7,18-20H2,1H3,(H,31,35)(H,32,34). The molecular weight excluding hydrogens is 452 g/mol. The van der Waals surface area contributed by atoms with Gasteiger partial charge in [0.1, 0.15) is 0 Å². The van der Waals surface area contributed by atoms with Crippen molar-refractivity contribution in [1.82, 2.24) is 10.2 Å². The molecule has 1 aliphatic heterocycles. The third-order valence-corrected chi connectivity index (χ3v) is 6.31. The highest BCUT2D eigenvalue weighted by Gasteiger charge is 2.18. The van der Waals surface area contributed by atoms with Gasteiger partial charge in [0.05, 0.1) is 12.6 Å². The summed E-state index contributed by atoms with van der Waals surface area (Å²) in [7, 11) is 0. The van der Waals surface area contributed by atoms with Crippen LogP contribution in [0.4, 0.5) is 11.4 Å². The normalized spacial score (nSPS) is 14.0. The predicted molar refractivity (Wildman–Crippen MR) is 142 cm³/mol. The summed E-state index contributed by atoms with van der Waals surface area (Å²) in [5.41, 5.74) is 3.59. The highest BCUT2D eigenvalue weighted by molar-refractivity contribution is 5.97. The monoisotopic (exact) mass is 484 g/mol. The van der Waals surface area contributed by atoms with Gasteiger partial charge in [-0.05, 0) is 80.3 Å². The van der Waals surface area contributed by atoms with Crippen LogP contribution in [0.1, 0.15) is 58.5 Å². The van der Waals surface area contributed by atoms with Crippen molar-refractivity contribution in [3.63, 3.8) is 0 Å². The van der Waals surface area contributed by atoms with E-state index >= 15 is 0 Å². The molecule has 1 atom stereocenters. The van der Waals surface area contributed by atoms with Gasteiger partial charge in [0.2, 0.25) is 5.91 Å². The van der Waals surface area contributed by atoms with Gasteiger partial charge in [0.15, 0.2) is 0 Å². The van der Waals surface area contributed by atoms with E-state index in [9.17, 15) is 14.4 Å². The summed E-state index contributed by atoms with van der Waals surface area (Å²) >= 11 is 0. The summed E-state index contributed by atoms with van der Waals surface area (Å²) in [6, 6.07) is 23.7. The number of benzene rings is 3. The maximum absolute atomic E-state index is 12.6. The zero-order valence-electron chi connectivity index (χ0n) is 20.5. The number of nitrogens with one attached hydrogen (secondary N) is 3. The lowest BCUT2D eigenvalue weighted by atomic mass is 10.1. The van der Waals surface area contributed by atoms with E-state index in [-0.39, 0.29) is 30.3 Å². The topological polar surface area (TPSA) is 90.5 Å². The molecule has 1 fully saturated rings. The quantitative estimate of drug-likeness (QED) is 0.426. The van der Waals surface area contributed by atoms with Gasteiger partial charge in [0, 0.05) is 35.6 Å². The van der Waals surface area contributed by atoms with Crippen LogP contribution in [-0.2, 0) is 4.79 Å². The van der Waals surface area contributed by atoms with Crippen molar-refractivity contribution in [1.29, 1.82) is 0 Å². The second-order valence-electron chi connectivity index (χ2n) is 9.02. The van der Waals surface area contributed by atoms with Crippen LogP contribution in [0, 0.1) is 0 Å². The fourth-order valence-corrected chi connectivity index (χ4v) is 4.21. The van der Waals surface area contributed by atoms with Gasteiger partial charge in [-0.2, -0.15) is 0 Å². The van der Waals surface area contributed by atoms with Crippen molar-refractivity contribution in [2.24, 2.45) is 0 Å². The van der Waals surface area contributed by atoms with E-state index in [2.05, 4.69) is 16.0 Å². The molecule has 4 rings (SSSR count). The SMILES string of the molecule is CC(NC(=O)c1ccc(NC(=O)CNc2ccc(C(=O)N3CCCCC3)cc2)cc1)c1ccccc1. The maximum atomic E-state index is 12.6. The molecule has 3 amide bonds. The summed E-state index contributed by atoms with van der Waals surface area (Å²) in [6.45, 7) is 3.65. The van der Waals surface area contributed by atoms with E-state index in [0.717, 1.165) is 37.2 Å². The number of nitrogens with zero attached hydrogens (tertiary/aromatic N) is 1. The van der Waals surface area contributed by atoms with Gasteiger partial charge in [0.25, 0.3) is 11.8 Å². The number of rotatable bonds is 8. The largest absolute Gasteiger partial charge is 0.376 e. The molecule has 36 heavy (non-hydrogen) atoms. The first-order valence-corrected chi connectivity index (χ1v) is 12.4. The number of carbonyl (C=O) groups excluding carboxylic acids is 3. The van der Waals surface area contributed by atoms with Gasteiger partial charge in [-0.3, -0.25) is 14.4 Å². The summed E-state index contributed by atoms with van der Waals surface area (Å²) < 4.78 is 0. The summed E-state index contributed by atoms with van der Waals surface area (Å²) in [5.74, 6) is -0.322. The Bertz CT molecular complexity index is 1170. The minimum atomic E-state index is -0.210. The molecule has 3 aromatic rings. The minimum absolute atomic E-state index is 0.0608. The number of anilines is 2. The Hall–Kier alpha value is -4.13. The van der Waals surface area contributed by atoms with Crippen molar-refractivity contribution in [3.05, 3.63) is 95.6 Å². The predicted octanol–water partition coefficient (Wildman–Crippen LogP) is 4.85. The van der Waals surface area contributed by atoms with Crippen LogP contribution in [0.25, 0.3) is 0 Å². The van der Waals surface area contributed by atoms with Crippen molar-refractivity contribution in [3.8, 4) is 0 Å². The number of piperidine rings is 1. The minimum Gasteiger partial charge on any atom is -0.376 e. The average Bonchev–Trinajstić information content (AvgIpc) is 2.93. The van der Waals surface area contributed by atoms with Crippen molar-refractivity contribution >= 4 is 29.1 Å². The molecule has 7 heteroatoms. The van der Waals surface area contributed by atoms with Crippen LogP contribution in [0.5, 0.6) is 0 Å². The molecule has 0 aromatic heterocycles. The highest BCUT2D eigenvalue weighted by Crippen LogP contribution is 2.16. The molecule has 3 aromatic carbocycles. The van der Waals surface area contributed by atoms with Crippen molar-refractivity contribution in [2.45, 2.75) is 32.2 Å². The first-order chi connectivity index (χ1) is 17.5. The van der Waals surface area contributed by atoms with Crippen LogP contribution >= 0.6 is 0 Å². The van der Waals surface area contributed by atoms with Crippen LogP contribution < -0.4 is 16.0 Å². The van der Waals surface area contributed by atoms with Gasteiger partial charge in [-0.1, -0.05) is 30.3 Å². The lowest BCUT2D eigenvalue weighted by Gasteiger charge is -2.26. The Morgan fingerprint density at radius 3 is 2.06 bits per heavy atom. The molecule has 0 aliphatic carbocycles. The number of hydrogen-bond donors (Lipinski definition) is 3. The third-order valence-electron chi connectivity index (χ3n) is 6.31. The first-order valence-electron chi connectivity index (χ1n) is 12.4. The molecule has 0 spiro atoms. The van der Waals surface area contributed by atoms with Gasteiger partial charge in [-0.25, -0.2) is 0 Å². The zero-order chi connectivity index (χ0) is 25.3. The van der Waals surface area contributed by atoms with E-state index in [1.165, 1.54) is 6.42 Å². The first kappa shape index (κ1) is 25.0. The van der Waals surface area contributed by atoms with Gasteiger partial charge in [-0.15, -0.1) is 0 Å². The summed E-state index contributed by atoms with van der Waals surface area (Å²) in [4.78, 5) is 39.4. The molecule has 1 saturated heterocycles. The molecule has 1 unspecified atom stereocenters. The van der Waals surface area contributed by atoms with Crippen LogP contribution in [0.2, 0.25) is 0 Å². The number of hydrogen-bond acceptors (Lipinski definition) is 4. The lowest BCUT2D eigenvalue weighted by molar-refractivity contribution is -0.114. The van der Waals surface area contributed by atoms with Gasteiger partial charge >= 0.3 is 0 Å². The zero-order valence-corrected chi connectivity index (χ0v) is 20.5. The summed E-state index contributed by atoms with van der Waals surface area (Å²) in [5, 5.41) is 8.88. The second kappa shape index (κ2) is 12.0. The maximum Gasteiger partial charge on any atom is 0.253 e. The second-order valence-corrected chi connectivity index (χ2v) is 9.02. The molecule has 0 bridgehead atoms. The van der Waals surface area contributed by atoms with Gasteiger partial charge < -0.3 is 20.9 Å². The molecule has 1 aliphatic rings. The Morgan fingerprint density at radius 1 is 0.778 bits per heavy atom. The fraction of sp³-hybridized carbons (Fsp3) is 0.276. The van der Waals surface area contributed by atoms with Crippen molar-refractivity contribution < 1.29 is 14.4 Å². The number of amides is 3. The van der Waals surface area contributed by atoms with Crippen LogP contribution in [0.15, 0.2) is 78.9 Å². The molecule has 0 saturated carbocycles. The molecule has 0 radical (unpaired) electrons. The Labute approximate surface area is 211 Å². The summed E-state index contributed by atoms with van der Waals surface area (Å²) in [6.07, 6.45) is 3.30. The Morgan fingerprint density at radius 2 is 1.39 bits per heavy atom. The van der Waals surface area contributed by atoms with E-state index < -0.39 is 0 Å². The van der Waals surface area contributed by atoms with E-state index in [1.807, 2.05) is 54.3 Å². The van der Waals surface area contributed by atoms with Crippen molar-refractivity contribution in [2.75, 3.05) is 30.3 Å². The Kier molecular flexibility index (Phi) is 8.34. The Balaban J connectivity index is 1.23. The van der Waals surface area contributed by atoms with Crippen LogP contribution in [0.3, 0.4) is 0 Å². The molecular formula is C29H32N4O3. The molecule has 7 nitrogen and oxygen atoms in total. The fourth-order valence-electron chi connectivity index (χ4n) is 4.21. The number of carbonyl (C=O) groups is 3. The van der Waals surface area contributed by atoms with Crippen LogP contribution in [-0.4, -0.2) is 42.3 Å². The van der Waals surface area contributed by atoms with E-state index in [0.29, 0.717) is 16.8 Å².